The molecule has 0 spiro atoms. The molecule has 0 amide bonds. The third-order valence-electron chi connectivity index (χ3n) is 7.26. The van der Waals surface area contributed by atoms with Crippen LogP contribution in [0.15, 0.2) is 61.0 Å². The second-order valence-corrected chi connectivity index (χ2v) is 9.70. The number of anilines is 1. The van der Waals surface area contributed by atoms with Crippen molar-refractivity contribution in [2.45, 2.75) is 38.6 Å². The van der Waals surface area contributed by atoms with Crippen LogP contribution in [0.5, 0.6) is 0 Å². The molecular weight excluding hydrogens is 509 g/mol. The molecule has 0 aliphatic carbocycles. The van der Waals surface area contributed by atoms with E-state index in [9.17, 15) is 9.65 Å². The van der Waals surface area contributed by atoms with Crippen LogP contribution in [-0.2, 0) is 4.74 Å². The highest BCUT2D eigenvalue weighted by molar-refractivity contribution is 5.51. The normalized spacial score (nSPS) is 16.8. The van der Waals surface area contributed by atoms with E-state index in [1.807, 2.05) is 42.5 Å². The van der Waals surface area contributed by atoms with Crippen LogP contribution < -0.4 is 4.90 Å². The van der Waals surface area contributed by atoms with Gasteiger partial charge in [0.2, 0.25) is 0 Å². The summed E-state index contributed by atoms with van der Waals surface area (Å²) in [7, 11) is 1.96. The number of allylic oxidation sites excluding steroid dienone is 1. The standard InChI is InChI=1S/C29H28FN9O/c1-19-25(40-11-5-4-10-31)18-39-29(23(12-32)15-35-39)28(19)22-7-8-26(33-14-22)37(3)20(2)21-6-9-27(34-13-21)38-17-24(30)16-36-38/h6-9,13-20,28H,4-5,11H2,1-3H3/t19?,20-,28?/m0/s1. The van der Waals surface area contributed by atoms with Crippen molar-refractivity contribution >= 4 is 12.0 Å². The number of halogens is 1. The summed E-state index contributed by atoms with van der Waals surface area (Å²) in [4.78, 5) is 11.2. The zero-order valence-corrected chi connectivity index (χ0v) is 22.4. The zero-order valence-electron chi connectivity index (χ0n) is 22.4. The Hall–Kier alpha value is -5.03. The first-order chi connectivity index (χ1) is 19.4. The molecule has 202 valence electrons. The third-order valence-corrected chi connectivity index (χ3v) is 7.26. The second-order valence-electron chi connectivity index (χ2n) is 9.70. The molecule has 0 fully saturated rings. The van der Waals surface area contributed by atoms with Crippen molar-refractivity contribution in [3.05, 3.63) is 89.2 Å². The number of hydrogen-bond donors (Lipinski definition) is 0. The van der Waals surface area contributed by atoms with Gasteiger partial charge >= 0.3 is 0 Å². The van der Waals surface area contributed by atoms with Crippen LogP contribution in [-0.4, -0.2) is 43.2 Å². The molecule has 11 heteroatoms. The molecule has 0 bridgehead atoms. The molecule has 5 heterocycles. The number of unbranched alkanes of at least 4 members (excludes halogenated alkanes) is 1. The SMILES string of the molecule is CC1C(OCCCC#N)=Cn2ncc(C#N)c2C1c1ccc(N(C)[C@@H](C)c2ccc(-n3cc(F)cn3)nc2)nc1. The Morgan fingerprint density at radius 2 is 1.95 bits per heavy atom. The van der Waals surface area contributed by atoms with Crippen molar-refractivity contribution in [3.63, 3.8) is 0 Å². The molecule has 0 saturated heterocycles. The van der Waals surface area contributed by atoms with Gasteiger partial charge in [-0.3, -0.25) is 0 Å². The first kappa shape index (κ1) is 26.6. The van der Waals surface area contributed by atoms with Crippen molar-refractivity contribution < 1.29 is 9.13 Å². The van der Waals surface area contributed by atoms with E-state index in [0.29, 0.717) is 30.8 Å². The molecule has 3 atom stereocenters. The van der Waals surface area contributed by atoms with Gasteiger partial charge in [0.25, 0.3) is 0 Å². The van der Waals surface area contributed by atoms with Crippen molar-refractivity contribution in [3.8, 4) is 18.0 Å². The Morgan fingerprint density at radius 3 is 2.60 bits per heavy atom. The predicted molar refractivity (Wildman–Crippen MR) is 145 cm³/mol. The summed E-state index contributed by atoms with van der Waals surface area (Å²) in [6, 6.07) is 12.1. The van der Waals surface area contributed by atoms with Crippen LogP contribution in [0, 0.1) is 34.4 Å². The number of ether oxygens (including phenoxy) is 1. The molecule has 1 aliphatic rings. The highest BCUT2D eigenvalue weighted by atomic mass is 19.1. The van der Waals surface area contributed by atoms with Gasteiger partial charge in [-0.2, -0.15) is 20.7 Å². The fourth-order valence-electron chi connectivity index (χ4n) is 4.88. The van der Waals surface area contributed by atoms with E-state index in [0.717, 1.165) is 34.6 Å². The number of hydrogen-bond acceptors (Lipinski definition) is 8. The summed E-state index contributed by atoms with van der Waals surface area (Å²) >= 11 is 0. The van der Waals surface area contributed by atoms with Crippen molar-refractivity contribution in [1.29, 1.82) is 10.5 Å². The van der Waals surface area contributed by atoms with Crippen LogP contribution in [0.2, 0.25) is 0 Å². The first-order valence-corrected chi connectivity index (χ1v) is 13.0. The molecule has 0 N–H and O–H groups in total. The lowest BCUT2D eigenvalue weighted by atomic mass is 9.81. The van der Waals surface area contributed by atoms with Crippen LogP contribution >= 0.6 is 0 Å². The van der Waals surface area contributed by atoms with Gasteiger partial charge in [-0.25, -0.2) is 23.7 Å². The maximum Gasteiger partial charge on any atom is 0.161 e. The highest BCUT2D eigenvalue weighted by Crippen LogP contribution is 2.41. The van der Waals surface area contributed by atoms with Gasteiger partial charge in [0.1, 0.15) is 17.6 Å². The summed E-state index contributed by atoms with van der Waals surface area (Å²) in [5.41, 5.74) is 3.23. The number of aromatic nitrogens is 6. The molecule has 10 nitrogen and oxygen atoms in total. The lowest BCUT2D eigenvalue weighted by Gasteiger charge is -2.31. The number of rotatable bonds is 9. The van der Waals surface area contributed by atoms with E-state index in [1.165, 1.54) is 10.9 Å². The second kappa shape index (κ2) is 11.4. The largest absolute Gasteiger partial charge is 0.496 e. The Balaban J connectivity index is 1.35. The van der Waals surface area contributed by atoms with Gasteiger partial charge in [-0.1, -0.05) is 19.1 Å². The summed E-state index contributed by atoms with van der Waals surface area (Å²) in [5.74, 6) is 1.41. The average Bonchev–Trinajstić information content (AvgIpc) is 3.60. The summed E-state index contributed by atoms with van der Waals surface area (Å²) < 4.78 is 22.4. The minimum atomic E-state index is -0.417. The lowest BCUT2D eigenvalue weighted by molar-refractivity contribution is 0.171. The maximum atomic E-state index is 13.3. The molecule has 2 unspecified atom stereocenters. The van der Waals surface area contributed by atoms with Crippen molar-refractivity contribution in [1.82, 2.24) is 29.5 Å². The smallest absolute Gasteiger partial charge is 0.161 e. The maximum absolute atomic E-state index is 13.3. The van der Waals surface area contributed by atoms with E-state index >= 15 is 0 Å². The number of nitrogens with zero attached hydrogens (tertiary/aromatic N) is 9. The van der Waals surface area contributed by atoms with Crippen LogP contribution in [0.25, 0.3) is 12.0 Å². The van der Waals surface area contributed by atoms with Gasteiger partial charge in [0, 0.05) is 37.7 Å². The topological polar surface area (TPSA) is 121 Å². The van der Waals surface area contributed by atoms with Gasteiger partial charge in [0.05, 0.1) is 54.8 Å². The molecule has 0 aromatic carbocycles. The minimum Gasteiger partial charge on any atom is -0.496 e. The minimum absolute atomic E-state index is 0.0363. The van der Waals surface area contributed by atoms with Gasteiger partial charge < -0.3 is 9.64 Å². The van der Waals surface area contributed by atoms with E-state index in [1.54, 1.807) is 23.1 Å². The fourth-order valence-corrected chi connectivity index (χ4v) is 4.88. The number of fused-ring (bicyclic) bond motifs is 1. The van der Waals surface area contributed by atoms with Gasteiger partial charge in [-0.15, -0.1) is 0 Å². The van der Waals surface area contributed by atoms with E-state index in [4.69, 9.17) is 15.0 Å². The molecule has 4 aromatic rings. The molecular formula is C29H28FN9O. The molecule has 40 heavy (non-hydrogen) atoms. The first-order valence-electron chi connectivity index (χ1n) is 13.0. The molecule has 0 radical (unpaired) electrons. The monoisotopic (exact) mass is 537 g/mol. The van der Waals surface area contributed by atoms with E-state index < -0.39 is 5.82 Å². The Morgan fingerprint density at radius 1 is 1.10 bits per heavy atom. The number of pyridine rings is 2. The number of nitriles is 2. The van der Waals surface area contributed by atoms with Crippen LogP contribution in [0.1, 0.15) is 61.0 Å². The van der Waals surface area contributed by atoms with Crippen molar-refractivity contribution in [2.24, 2.45) is 5.92 Å². The highest BCUT2D eigenvalue weighted by Gasteiger charge is 2.35. The summed E-state index contributed by atoms with van der Waals surface area (Å²) in [5, 5.41) is 26.9. The Kier molecular flexibility index (Phi) is 7.56. The summed E-state index contributed by atoms with van der Waals surface area (Å²) in [6.45, 7) is 4.56. The quantitative estimate of drug-likeness (QED) is 0.275. The zero-order chi connectivity index (χ0) is 28.2. The average molecular weight is 538 g/mol. The van der Waals surface area contributed by atoms with Crippen LogP contribution in [0.4, 0.5) is 10.2 Å². The van der Waals surface area contributed by atoms with Gasteiger partial charge in [0.15, 0.2) is 11.6 Å². The predicted octanol–water partition coefficient (Wildman–Crippen LogP) is 4.97. The van der Waals surface area contributed by atoms with Gasteiger partial charge in [-0.05, 0) is 36.6 Å². The lowest BCUT2D eigenvalue weighted by Crippen LogP contribution is -2.25. The third kappa shape index (κ3) is 5.14. The fraction of sp³-hybridized carbons (Fsp3) is 0.310. The molecule has 1 aliphatic heterocycles. The van der Waals surface area contributed by atoms with Crippen molar-refractivity contribution in [2.75, 3.05) is 18.6 Å². The molecule has 0 saturated carbocycles. The Bertz CT molecular complexity index is 1590. The molecule has 4 aromatic heterocycles. The van der Waals surface area contributed by atoms with Crippen LogP contribution in [0.3, 0.4) is 0 Å². The van der Waals surface area contributed by atoms with E-state index in [2.05, 4.69) is 41.2 Å². The Labute approximate surface area is 231 Å². The molecule has 5 rings (SSSR count). The summed E-state index contributed by atoms with van der Waals surface area (Å²) in [6.07, 6.45) is 10.5. The van der Waals surface area contributed by atoms with E-state index in [-0.39, 0.29) is 17.9 Å².